The molecule has 84 valence electrons. The number of fused-ring (bicyclic) bond motifs is 1. The summed E-state index contributed by atoms with van der Waals surface area (Å²) in [7, 11) is 1.38. The van der Waals surface area contributed by atoms with Crippen LogP contribution in [0.2, 0.25) is 0 Å². The van der Waals surface area contributed by atoms with Crippen LogP contribution in [-0.4, -0.2) is 22.5 Å². The van der Waals surface area contributed by atoms with E-state index in [1.165, 1.54) is 7.11 Å². The molecule has 0 fully saturated rings. The Kier molecular flexibility index (Phi) is 2.88. The second-order valence-electron chi connectivity index (χ2n) is 3.50. The van der Waals surface area contributed by atoms with Gasteiger partial charge in [0.15, 0.2) is 5.69 Å². The van der Waals surface area contributed by atoms with Crippen LogP contribution in [0.3, 0.4) is 0 Å². The Bertz CT molecular complexity index is 575. The molecule has 0 radical (unpaired) electrons. The summed E-state index contributed by atoms with van der Waals surface area (Å²) in [5.74, 6) is -0.352. The minimum atomic E-state index is -0.352. The van der Waals surface area contributed by atoms with Crippen molar-refractivity contribution < 1.29 is 9.53 Å². The Morgan fingerprint density at radius 1 is 1.44 bits per heavy atom. The van der Waals surface area contributed by atoms with Crippen molar-refractivity contribution in [2.24, 2.45) is 0 Å². The molecular formula is C11H11IN2O2. The molecule has 2 aromatic heterocycles. The Balaban J connectivity index is 2.86. The minimum absolute atomic E-state index is 0.352. The van der Waals surface area contributed by atoms with Gasteiger partial charge in [0, 0.05) is 9.26 Å². The zero-order valence-corrected chi connectivity index (χ0v) is 11.4. The van der Waals surface area contributed by atoms with E-state index in [2.05, 4.69) is 27.6 Å². The van der Waals surface area contributed by atoms with E-state index in [9.17, 15) is 4.79 Å². The SMILES string of the molecule is COC(=O)c1c(C)nc2ccc(I)c(C)n12. The molecule has 0 aliphatic carbocycles. The normalized spacial score (nSPS) is 10.8. The topological polar surface area (TPSA) is 43.6 Å². The van der Waals surface area contributed by atoms with Crippen molar-refractivity contribution in [3.63, 3.8) is 0 Å². The molecule has 2 heterocycles. The predicted octanol–water partition coefficient (Wildman–Crippen LogP) is 2.34. The van der Waals surface area contributed by atoms with Gasteiger partial charge in [-0.3, -0.25) is 4.40 Å². The lowest BCUT2D eigenvalue weighted by Crippen LogP contribution is -2.09. The van der Waals surface area contributed by atoms with E-state index < -0.39 is 0 Å². The van der Waals surface area contributed by atoms with E-state index in [0.29, 0.717) is 11.4 Å². The summed E-state index contributed by atoms with van der Waals surface area (Å²) < 4.78 is 7.70. The van der Waals surface area contributed by atoms with Gasteiger partial charge in [-0.05, 0) is 48.6 Å². The van der Waals surface area contributed by atoms with E-state index in [0.717, 1.165) is 14.9 Å². The summed E-state index contributed by atoms with van der Waals surface area (Å²) in [6, 6.07) is 3.88. The van der Waals surface area contributed by atoms with Gasteiger partial charge < -0.3 is 4.74 Å². The van der Waals surface area contributed by atoms with Crippen molar-refractivity contribution >= 4 is 34.2 Å². The first kappa shape index (κ1) is 11.4. The van der Waals surface area contributed by atoms with Crippen LogP contribution in [0.1, 0.15) is 21.9 Å². The van der Waals surface area contributed by atoms with Gasteiger partial charge in [0.1, 0.15) is 5.65 Å². The van der Waals surface area contributed by atoms with Crippen molar-refractivity contribution in [1.29, 1.82) is 0 Å². The number of esters is 1. The lowest BCUT2D eigenvalue weighted by molar-refractivity contribution is 0.0591. The minimum Gasteiger partial charge on any atom is -0.464 e. The van der Waals surface area contributed by atoms with E-state index in [1.54, 1.807) is 0 Å². The lowest BCUT2D eigenvalue weighted by atomic mass is 10.3. The molecule has 0 spiro atoms. The fourth-order valence-electron chi connectivity index (χ4n) is 1.71. The number of ether oxygens (including phenoxy) is 1. The van der Waals surface area contributed by atoms with Gasteiger partial charge in [-0.1, -0.05) is 0 Å². The van der Waals surface area contributed by atoms with Crippen LogP contribution in [0.4, 0.5) is 0 Å². The Morgan fingerprint density at radius 2 is 2.12 bits per heavy atom. The molecule has 0 aliphatic heterocycles. The highest BCUT2D eigenvalue weighted by Crippen LogP contribution is 2.19. The molecule has 5 heteroatoms. The number of rotatable bonds is 1. The fourth-order valence-corrected chi connectivity index (χ4v) is 2.13. The second kappa shape index (κ2) is 4.04. The molecule has 0 saturated heterocycles. The fraction of sp³-hybridized carbons (Fsp3) is 0.273. The van der Waals surface area contributed by atoms with Gasteiger partial charge in [0.25, 0.3) is 0 Å². The summed E-state index contributed by atoms with van der Waals surface area (Å²) >= 11 is 2.23. The molecule has 0 aromatic carbocycles. The second-order valence-corrected chi connectivity index (χ2v) is 4.66. The molecule has 0 bridgehead atoms. The Hall–Kier alpha value is -1.11. The monoisotopic (exact) mass is 330 g/mol. The number of halogens is 1. The number of aryl methyl sites for hydroxylation is 2. The molecule has 0 saturated carbocycles. The number of nitrogens with zero attached hydrogens (tertiary/aromatic N) is 2. The maximum absolute atomic E-state index is 11.7. The third kappa shape index (κ3) is 1.59. The smallest absolute Gasteiger partial charge is 0.356 e. The van der Waals surface area contributed by atoms with Gasteiger partial charge in [0.2, 0.25) is 0 Å². The average Bonchev–Trinajstić information content (AvgIpc) is 2.60. The highest BCUT2D eigenvalue weighted by Gasteiger charge is 2.18. The van der Waals surface area contributed by atoms with Crippen molar-refractivity contribution in [1.82, 2.24) is 9.38 Å². The number of pyridine rings is 1. The molecule has 0 N–H and O–H groups in total. The molecule has 16 heavy (non-hydrogen) atoms. The number of hydrogen-bond donors (Lipinski definition) is 0. The van der Waals surface area contributed by atoms with Crippen molar-refractivity contribution in [3.8, 4) is 0 Å². The number of hydrogen-bond acceptors (Lipinski definition) is 3. The number of carbonyl (C=O) groups is 1. The molecule has 2 aromatic rings. The van der Waals surface area contributed by atoms with Crippen LogP contribution in [0.25, 0.3) is 5.65 Å². The molecule has 0 amide bonds. The molecule has 0 atom stereocenters. The molecule has 0 unspecified atom stereocenters. The summed E-state index contributed by atoms with van der Waals surface area (Å²) in [5.41, 5.74) is 2.97. The van der Waals surface area contributed by atoms with Crippen LogP contribution >= 0.6 is 22.6 Å². The molecular weight excluding hydrogens is 319 g/mol. The first-order valence-electron chi connectivity index (χ1n) is 4.78. The van der Waals surface area contributed by atoms with Gasteiger partial charge in [-0.15, -0.1) is 0 Å². The first-order valence-corrected chi connectivity index (χ1v) is 5.86. The van der Waals surface area contributed by atoms with E-state index in [4.69, 9.17) is 4.74 Å². The quantitative estimate of drug-likeness (QED) is 0.595. The van der Waals surface area contributed by atoms with E-state index >= 15 is 0 Å². The van der Waals surface area contributed by atoms with Crippen LogP contribution < -0.4 is 0 Å². The van der Waals surface area contributed by atoms with Crippen LogP contribution in [0.15, 0.2) is 12.1 Å². The standard InChI is InChI=1S/C11H11IN2O2/c1-6-10(11(15)16-3)14-7(2)8(12)4-5-9(14)13-6/h4-5H,1-3H3. The van der Waals surface area contributed by atoms with Gasteiger partial charge >= 0.3 is 5.97 Å². The highest BCUT2D eigenvalue weighted by atomic mass is 127. The van der Waals surface area contributed by atoms with E-state index in [1.807, 2.05) is 30.4 Å². The Morgan fingerprint density at radius 3 is 2.75 bits per heavy atom. The summed E-state index contributed by atoms with van der Waals surface area (Å²) in [4.78, 5) is 16.0. The van der Waals surface area contributed by atoms with Crippen LogP contribution in [0.5, 0.6) is 0 Å². The number of carbonyl (C=O) groups excluding carboxylic acids is 1. The van der Waals surface area contributed by atoms with Crippen molar-refractivity contribution in [2.45, 2.75) is 13.8 Å². The van der Waals surface area contributed by atoms with Crippen LogP contribution in [-0.2, 0) is 4.74 Å². The summed E-state index contributed by atoms with van der Waals surface area (Å²) in [5, 5.41) is 0. The zero-order valence-electron chi connectivity index (χ0n) is 9.24. The van der Waals surface area contributed by atoms with Gasteiger partial charge in [-0.25, -0.2) is 9.78 Å². The van der Waals surface area contributed by atoms with Crippen LogP contribution in [0, 0.1) is 17.4 Å². The van der Waals surface area contributed by atoms with E-state index in [-0.39, 0.29) is 5.97 Å². The highest BCUT2D eigenvalue weighted by molar-refractivity contribution is 14.1. The maximum atomic E-state index is 11.7. The average molecular weight is 330 g/mol. The number of methoxy groups -OCH3 is 1. The van der Waals surface area contributed by atoms with Gasteiger partial charge in [0.05, 0.1) is 12.8 Å². The van der Waals surface area contributed by atoms with Crippen molar-refractivity contribution in [2.75, 3.05) is 7.11 Å². The molecule has 2 rings (SSSR count). The van der Waals surface area contributed by atoms with Crippen molar-refractivity contribution in [3.05, 3.63) is 32.8 Å². The zero-order chi connectivity index (χ0) is 11.9. The van der Waals surface area contributed by atoms with Gasteiger partial charge in [-0.2, -0.15) is 0 Å². The molecule has 4 nitrogen and oxygen atoms in total. The third-order valence-electron chi connectivity index (χ3n) is 2.52. The first-order chi connectivity index (χ1) is 7.56. The summed E-state index contributed by atoms with van der Waals surface area (Å²) in [6.07, 6.45) is 0. The summed E-state index contributed by atoms with van der Waals surface area (Å²) in [6.45, 7) is 3.77. The third-order valence-corrected chi connectivity index (χ3v) is 3.66. The Labute approximate surface area is 107 Å². The maximum Gasteiger partial charge on any atom is 0.356 e. The predicted molar refractivity (Wildman–Crippen MR) is 68.7 cm³/mol. The largest absolute Gasteiger partial charge is 0.464 e. The molecule has 0 aliphatic rings. The number of aromatic nitrogens is 2. The number of imidazole rings is 1. The lowest BCUT2D eigenvalue weighted by Gasteiger charge is -2.06.